The van der Waals surface area contributed by atoms with Crippen molar-refractivity contribution in [1.82, 2.24) is 0 Å². The monoisotopic (exact) mass is 514 g/mol. The average molecular weight is 515 g/mol. The zero-order chi connectivity index (χ0) is 26.2. The highest BCUT2D eigenvalue weighted by Gasteiger charge is 2.55. The summed E-state index contributed by atoms with van der Waals surface area (Å²) in [5.74, 6) is -0.0892. The SMILES string of the molecule is C[C@@H](O)C1O[C@H](O[C@@H]2C([NH3+])C[C@@H]([NH3+])C(O)[C@H]2O[C@@H]2O[C@H](C[NH+]=C(N)N)[C@H](O)C2O)C([NH3+])[C@@H](O)[C@@H]1O. The number of quaternary nitrogens is 3. The Morgan fingerprint density at radius 2 is 1.51 bits per heavy atom. The molecule has 3 fully saturated rings. The first kappa shape index (κ1) is 28.3. The van der Waals surface area contributed by atoms with Crippen LogP contribution in [0.25, 0.3) is 0 Å². The van der Waals surface area contributed by atoms with E-state index in [-0.39, 0.29) is 12.5 Å². The van der Waals surface area contributed by atoms with Gasteiger partial charge in [0.15, 0.2) is 12.3 Å². The molecule has 35 heavy (non-hydrogen) atoms. The summed E-state index contributed by atoms with van der Waals surface area (Å²) in [6.45, 7) is 1.41. The second kappa shape index (κ2) is 11.4. The summed E-state index contributed by atoms with van der Waals surface area (Å²) in [6.07, 6.45) is -14.0. The van der Waals surface area contributed by atoms with Crippen LogP contribution in [0, 0.1) is 0 Å². The molecule has 0 aromatic heterocycles. The van der Waals surface area contributed by atoms with Crippen molar-refractivity contribution in [3.63, 3.8) is 0 Å². The van der Waals surface area contributed by atoms with Gasteiger partial charge in [0.2, 0.25) is 6.29 Å². The number of hydrogen-bond acceptors (Lipinski definition) is 10. The molecular formula is C19H42N6O10+4. The van der Waals surface area contributed by atoms with Gasteiger partial charge in [0.05, 0.1) is 19.1 Å². The van der Waals surface area contributed by atoms with Gasteiger partial charge in [-0.1, -0.05) is 0 Å². The lowest BCUT2D eigenvalue weighted by Crippen LogP contribution is -2.84. The van der Waals surface area contributed by atoms with E-state index in [0.29, 0.717) is 6.42 Å². The second-order valence-corrected chi connectivity index (χ2v) is 9.66. The maximum Gasteiger partial charge on any atom is 0.338 e. The third-order valence-corrected chi connectivity index (χ3v) is 6.86. The van der Waals surface area contributed by atoms with Gasteiger partial charge in [0.1, 0.15) is 67.0 Å². The minimum Gasteiger partial charge on any atom is -0.391 e. The number of guanidine groups is 1. The molecule has 0 spiro atoms. The summed E-state index contributed by atoms with van der Waals surface area (Å²) in [7, 11) is 0. The Balaban J connectivity index is 1.78. The first-order valence-electron chi connectivity index (χ1n) is 11.6. The van der Waals surface area contributed by atoms with Crippen molar-refractivity contribution in [2.75, 3.05) is 6.54 Å². The third-order valence-electron chi connectivity index (χ3n) is 6.86. The van der Waals surface area contributed by atoms with Crippen molar-refractivity contribution in [3.8, 4) is 0 Å². The molecule has 3 aliphatic rings. The molecule has 3 rings (SSSR count). The maximum absolute atomic E-state index is 10.9. The zero-order valence-corrected chi connectivity index (χ0v) is 19.7. The number of ether oxygens (including phenoxy) is 4. The molecule has 2 heterocycles. The fourth-order valence-electron chi connectivity index (χ4n) is 4.74. The molecule has 16 heteroatoms. The first-order valence-corrected chi connectivity index (χ1v) is 11.6. The van der Waals surface area contributed by atoms with Gasteiger partial charge < -0.3 is 66.8 Å². The number of aliphatic hydroxyl groups is 6. The predicted octanol–water partition coefficient (Wildman–Crippen LogP) is -11.0. The van der Waals surface area contributed by atoms with Crippen LogP contribution < -0.4 is 33.7 Å². The van der Waals surface area contributed by atoms with E-state index in [2.05, 4.69) is 22.2 Å². The molecule has 1 saturated carbocycles. The normalized spacial score (nSPS) is 49.5. The van der Waals surface area contributed by atoms with Crippen molar-refractivity contribution in [2.45, 2.75) is 105 Å². The largest absolute Gasteiger partial charge is 0.391 e. The summed E-state index contributed by atoms with van der Waals surface area (Å²) in [5.41, 5.74) is 22.6. The van der Waals surface area contributed by atoms with Gasteiger partial charge in [-0.15, -0.1) is 0 Å². The van der Waals surface area contributed by atoms with E-state index < -0.39 is 91.7 Å². The van der Waals surface area contributed by atoms with E-state index in [9.17, 15) is 30.6 Å². The van der Waals surface area contributed by atoms with E-state index >= 15 is 0 Å². The maximum atomic E-state index is 10.9. The fraction of sp³-hybridized carbons (Fsp3) is 0.947. The molecule has 204 valence electrons. The van der Waals surface area contributed by atoms with Crippen LogP contribution in [0.4, 0.5) is 0 Å². The molecule has 2 saturated heterocycles. The smallest absolute Gasteiger partial charge is 0.338 e. The lowest BCUT2D eigenvalue weighted by Gasteiger charge is -2.45. The highest BCUT2D eigenvalue weighted by atomic mass is 16.7. The van der Waals surface area contributed by atoms with Crippen LogP contribution in [0.2, 0.25) is 0 Å². The van der Waals surface area contributed by atoms with Gasteiger partial charge in [-0.05, 0) is 6.92 Å². The Kier molecular flexibility index (Phi) is 9.25. The molecule has 16 nitrogen and oxygen atoms in total. The molecule has 2 aliphatic heterocycles. The topological polar surface area (TPSA) is 307 Å². The van der Waals surface area contributed by atoms with E-state index in [1.807, 2.05) is 0 Å². The summed E-state index contributed by atoms with van der Waals surface area (Å²) < 4.78 is 23.3. The van der Waals surface area contributed by atoms with Gasteiger partial charge >= 0.3 is 5.96 Å². The first-order chi connectivity index (χ1) is 16.3. The molecule has 15 atom stereocenters. The summed E-state index contributed by atoms with van der Waals surface area (Å²) in [5, 5.41) is 62.3. The summed E-state index contributed by atoms with van der Waals surface area (Å²) in [4.78, 5) is 2.61. The number of rotatable bonds is 7. The van der Waals surface area contributed by atoms with Gasteiger partial charge in [0, 0.05) is 0 Å². The molecule has 20 N–H and O–H groups in total. The van der Waals surface area contributed by atoms with Crippen molar-refractivity contribution in [2.24, 2.45) is 11.5 Å². The Morgan fingerprint density at radius 1 is 0.886 bits per heavy atom. The van der Waals surface area contributed by atoms with Crippen molar-refractivity contribution >= 4 is 5.96 Å². The van der Waals surface area contributed by atoms with Crippen LogP contribution in [0.15, 0.2) is 0 Å². The van der Waals surface area contributed by atoms with Crippen LogP contribution >= 0.6 is 0 Å². The highest BCUT2D eigenvalue weighted by molar-refractivity contribution is 5.69. The molecular weight excluding hydrogens is 472 g/mol. The van der Waals surface area contributed by atoms with Gasteiger partial charge in [-0.3, -0.25) is 16.5 Å². The quantitative estimate of drug-likeness (QED) is 0.111. The van der Waals surface area contributed by atoms with Crippen LogP contribution in [0.3, 0.4) is 0 Å². The van der Waals surface area contributed by atoms with Crippen LogP contribution in [0.5, 0.6) is 0 Å². The second-order valence-electron chi connectivity index (χ2n) is 9.66. The van der Waals surface area contributed by atoms with E-state index in [1.54, 1.807) is 0 Å². The minimum absolute atomic E-state index is 0.00350. The van der Waals surface area contributed by atoms with E-state index in [4.69, 9.17) is 30.4 Å². The lowest BCUT2D eigenvalue weighted by atomic mass is 9.84. The average Bonchev–Trinajstić information content (AvgIpc) is 3.05. The minimum atomic E-state index is -1.45. The van der Waals surface area contributed by atoms with Gasteiger partial charge in [-0.25, -0.2) is 0 Å². The van der Waals surface area contributed by atoms with Crippen molar-refractivity contribution in [3.05, 3.63) is 0 Å². The van der Waals surface area contributed by atoms with Crippen LogP contribution in [0.1, 0.15) is 13.3 Å². The molecule has 1 aliphatic carbocycles. The van der Waals surface area contributed by atoms with Crippen molar-refractivity contribution in [1.29, 1.82) is 0 Å². The molecule has 5 unspecified atom stereocenters. The Morgan fingerprint density at radius 3 is 2.11 bits per heavy atom. The standard InChI is InChI=1S/C19H38N6O10/c1-4(26)14-12(30)11(29)8(22)17(33-14)34-15-6(21)2-5(20)9(27)16(15)35-18-13(31)10(28)7(32-18)3-25-19(23)24/h4-18,26-31H,2-3,20-22H2,1H3,(H4,23,24,25)/p+4/t4-,5-,6?,7-,8?,9?,10+,11-,12+,13?,14?,15-,16-,17-,18+/m1/s1. The molecule has 0 aromatic rings. The third kappa shape index (κ3) is 6.02. The Labute approximate surface area is 201 Å². The van der Waals surface area contributed by atoms with Gasteiger partial charge in [0.25, 0.3) is 0 Å². The van der Waals surface area contributed by atoms with E-state index in [1.165, 1.54) is 6.92 Å². The molecule has 0 amide bonds. The number of nitrogens with one attached hydrogen (secondary N) is 1. The van der Waals surface area contributed by atoms with E-state index in [0.717, 1.165) is 0 Å². The predicted molar refractivity (Wildman–Crippen MR) is 113 cm³/mol. The number of nitrogens with two attached hydrogens (primary N) is 2. The molecule has 0 radical (unpaired) electrons. The van der Waals surface area contributed by atoms with Crippen LogP contribution in [-0.4, -0.2) is 135 Å². The summed E-state index contributed by atoms with van der Waals surface area (Å²) >= 11 is 0. The lowest BCUT2D eigenvalue weighted by molar-refractivity contribution is -0.534. The van der Waals surface area contributed by atoms with Crippen molar-refractivity contribution < 1.29 is 71.8 Å². The molecule has 0 bridgehead atoms. The highest BCUT2D eigenvalue weighted by Crippen LogP contribution is 2.31. The Bertz CT molecular complexity index is 732. The zero-order valence-electron chi connectivity index (χ0n) is 19.7. The number of hydrogen-bond donors (Lipinski definition) is 12. The van der Waals surface area contributed by atoms with Gasteiger partial charge in [-0.2, -0.15) is 0 Å². The Hall–Kier alpha value is -1.25. The summed E-state index contributed by atoms with van der Waals surface area (Å²) in [6, 6.07) is -1.90. The van der Waals surface area contributed by atoms with Crippen LogP contribution in [-0.2, 0) is 18.9 Å². The number of aliphatic hydroxyl groups excluding tert-OH is 6. The molecule has 0 aromatic carbocycles. The fourth-order valence-corrected chi connectivity index (χ4v) is 4.74.